The first-order chi connectivity index (χ1) is 20.6. The van der Waals surface area contributed by atoms with Gasteiger partial charge >= 0.3 is 0 Å². The first kappa shape index (κ1) is 32.1. The summed E-state index contributed by atoms with van der Waals surface area (Å²) in [5.74, 6) is 2.39. The van der Waals surface area contributed by atoms with Crippen molar-refractivity contribution in [3.8, 4) is 23.0 Å². The molecule has 0 spiro atoms. The van der Waals surface area contributed by atoms with Crippen molar-refractivity contribution in [2.24, 2.45) is 11.8 Å². The van der Waals surface area contributed by atoms with Crippen molar-refractivity contribution >= 4 is 55.0 Å². The van der Waals surface area contributed by atoms with Crippen LogP contribution in [0.25, 0.3) is 0 Å². The van der Waals surface area contributed by atoms with Gasteiger partial charge in [-0.25, -0.2) is 0 Å². The number of carbonyl (C=O) groups excluding carboxylic acids is 2. The van der Waals surface area contributed by atoms with Crippen molar-refractivity contribution < 1.29 is 23.8 Å². The van der Waals surface area contributed by atoms with Gasteiger partial charge in [-0.3, -0.25) is 9.59 Å². The number of carbonyl (C=O) groups is 2. The van der Waals surface area contributed by atoms with Crippen LogP contribution in [0.2, 0.25) is 0 Å². The lowest BCUT2D eigenvalue weighted by atomic mass is 10.1. The maximum atomic E-state index is 13.0. The van der Waals surface area contributed by atoms with Crippen LogP contribution in [0.5, 0.6) is 23.0 Å². The highest BCUT2D eigenvalue weighted by Crippen LogP contribution is 2.29. The number of nitrogens with one attached hydrogen (secondary N) is 2. The van der Waals surface area contributed by atoms with E-state index in [9.17, 15) is 9.59 Å². The summed E-state index contributed by atoms with van der Waals surface area (Å²) in [6, 6.07) is 24.9. The number of rotatable bonds is 12. The third-order valence-electron chi connectivity index (χ3n) is 5.98. The zero-order chi connectivity index (χ0) is 30.9. The molecule has 0 bridgehead atoms. The second kappa shape index (κ2) is 15.1. The van der Waals surface area contributed by atoms with Crippen molar-refractivity contribution in [1.29, 1.82) is 0 Å². The molecule has 0 unspecified atom stereocenters. The van der Waals surface area contributed by atoms with Crippen LogP contribution in [0.4, 0.5) is 11.4 Å². The van der Waals surface area contributed by atoms with Gasteiger partial charge in [-0.2, -0.15) is 0 Å². The fourth-order valence-corrected chi connectivity index (χ4v) is 4.59. The van der Waals surface area contributed by atoms with Gasteiger partial charge in [0.1, 0.15) is 23.0 Å². The van der Waals surface area contributed by atoms with E-state index < -0.39 is 0 Å². The van der Waals surface area contributed by atoms with Crippen molar-refractivity contribution in [2.45, 2.75) is 27.7 Å². The average Bonchev–Trinajstić information content (AvgIpc) is 2.97. The Balaban J connectivity index is 1.36. The molecule has 0 aliphatic carbocycles. The Morgan fingerprint density at radius 2 is 0.977 bits per heavy atom. The number of benzene rings is 4. The van der Waals surface area contributed by atoms with Crippen molar-refractivity contribution in [2.75, 3.05) is 23.8 Å². The summed E-state index contributed by atoms with van der Waals surface area (Å²) < 4.78 is 19.2. The van der Waals surface area contributed by atoms with E-state index in [2.05, 4.69) is 70.2 Å². The maximum Gasteiger partial charge on any atom is 0.259 e. The molecule has 4 aromatic carbocycles. The van der Waals surface area contributed by atoms with Crippen LogP contribution in [-0.2, 0) is 0 Å². The van der Waals surface area contributed by atoms with E-state index in [1.807, 2.05) is 12.1 Å². The average molecular weight is 710 g/mol. The van der Waals surface area contributed by atoms with Crippen LogP contribution in [0, 0.1) is 11.8 Å². The Hall–Kier alpha value is -3.82. The second-order valence-electron chi connectivity index (χ2n) is 10.7. The van der Waals surface area contributed by atoms with E-state index in [1.54, 1.807) is 72.8 Å². The number of halogens is 2. The lowest BCUT2D eigenvalue weighted by Gasteiger charge is -2.14. The molecular formula is C34H34Br2N2O5. The van der Waals surface area contributed by atoms with Gasteiger partial charge in [0.05, 0.1) is 24.3 Å². The number of ether oxygens (including phenoxy) is 3. The predicted molar refractivity (Wildman–Crippen MR) is 178 cm³/mol. The Labute approximate surface area is 269 Å². The molecule has 0 saturated heterocycles. The molecule has 7 nitrogen and oxygen atoms in total. The lowest BCUT2D eigenvalue weighted by molar-refractivity contribution is 0.101. The molecule has 224 valence electrons. The molecule has 2 N–H and O–H groups in total. The highest BCUT2D eigenvalue weighted by Gasteiger charge is 2.16. The fraction of sp³-hybridized carbons (Fsp3) is 0.235. The number of hydrogen-bond acceptors (Lipinski definition) is 5. The molecule has 4 rings (SSSR count). The van der Waals surface area contributed by atoms with Crippen LogP contribution in [0.15, 0.2) is 93.9 Å². The van der Waals surface area contributed by atoms with Crippen LogP contribution in [0.3, 0.4) is 0 Å². The standard InChI is InChI=1S/C34H34Br2N2O5/c1-21(2)19-41-31-15-5-23(35)17-29(31)33(39)37-25-7-11-27(12-8-25)43-28-13-9-26(10-14-28)38-34(40)30-18-24(36)6-16-32(30)42-20-22(3)4/h5-18,21-22H,19-20H2,1-4H3,(H,37,39)(H,38,40). The summed E-state index contributed by atoms with van der Waals surface area (Å²) in [7, 11) is 0. The summed E-state index contributed by atoms with van der Waals surface area (Å²) in [5, 5.41) is 5.83. The fourth-order valence-electron chi connectivity index (χ4n) is 3.87. The number of amides is 2. The number of hydrogen-bond donors (Lipinski definition) is 2. The van der Waals surface area contributed by atoms with E-state index in [4.69, 9.17) is 14.2 Å². The Kier molecular flexibility index (Phi) is 11.3. The van der Waals surface area contributed by atoms with Gasteiger partial charge < -0.3 is 24.8 Å². The Morgan fingerprint density at radius 3 is 1.33 bits per heavy atom. The minimum absolute atomic E-state index is 0.271. The van der Waals surface area contributed by atoms with Crippen molar-refractivity contribution in [1.82, 2.24) is 0 Å². The normalized spacial score (nSPS) is 10.9. The maximum absolute atomic E-state index is 13.0. The molecule has 0 aromatic heterocycles. The van der Waals surface area contributed by atoms with Gasteiger partial charge in [0.25, 0.3) is 11.8 Å². The third-order valence-corrected chi connectivity index (χ3v) is 6.96. The van der Waals surface area contributed by atoms with Crippen molar-refractivity contribution in [3.05, 3.63) is 105 Å². The summed E-state index contributed by atoms with van der Waals surface area (Å²) in [6.07, 6.45) is 0. The minimum atomic E-state index is -0.271. The summed E-state index contributed by atoms with van der Waals surface area (Å²) in [6.45, 7) is 9.25. The molecule has 9 heteroatoms. The largest absolute Gasteiger partial charge is 0.492 e. The van der Waals surface area contributed by atoms with E-state index >= 15 is 0 Å². The first-order valence-corrected chi connectivity index (χ1v) is 15.5. The molecule has 0 fully saturated rings. The molecule has 43 heavy (non-hydrogen) atoms. The summed E-state index contributed by atoms with van der Waals surface area (Å²) in [4.78, 5) is 26.0. The Morgan fingerprint density at radius 1 is 0.605 bits per heavy atom. The molecule has 2 amide bonds. The van der Waals surface area contributed by atoms with Gasteiger partial charge in [0.15, 0.2) is 0 Å². The van der Waals surface area contributed by atoms with E-state index in [-0.39, 0.29) is 11.8 Å². The highest BCUT2D eigenvalue weighted by molar-refractivity contribution is 9.10. The second-order valence-corrected chi connectivity index (χ2v) is 12.6. The van der Waals surface area contributed by atoms with Gasteiger partial charge in [0, 0.05) is 20.3 Å². The lowest BCUT2D eigenvalue weighted by Crippen LogP contribution is -2.15. The molecule has 0 radical (unpaired) electrons. The van der Waals surface area contributed by atoms with Crippen LogP contribution >= 0.6 is 31.9 Å². The highest BCUT2D eigenvalue weighted by atomic mass is 79.9. The van der Waals surface area contributed by atoms with Crippen LogP contribution in [0.1, 0.15) is 48.4 Å². The molecule has 0 saturated carbocycles. The number of anilines is 2. The van der Waals surface area contributed by atoms with Crippen LogP contribution in [-0.4, -0.2) is 25.0 Å². The smallest absolute Gasteiger partial charge is 0.259 e. The monoisotopic (exact) mass is 708 g/mol. The quantitative estimate of drug-likeness (QED) is 0.153. The molecule has 0 aliphatic heterocycles. The van der Waals surface area contributed by atoms with Gasteiger partial charge in [0.2, 0.25) is 0 Å². The molecule has 0 atom stereocenters. The first-order valence-electron chi connectivity index (χ1n) is 13.9. The van der Waals surface area contributed by atoms with E-state index in [0.29, 0.717) is 70.5 Å². The Bertz CT molecular complexity index is 1440. The molecule has 0 heterocycles. The molecule has 4 aromatic rings. The predicted octanol–water partition coefficient (Wildman–Crippen LogP) is 9.58. The SMILES string of the molecule is CC(C)COc1ccc(Br)cc1C(=O)Nc1ccc(Oc2ccc(NC(=O)c3cc(Br)ccc3OCC(C)C)cc2)cc1. The summed E-state index contributed by atoms with van der Waals surface area (Å²) >= 11 is 6.87. The van der Waals surface area contributed by atoms with Gasteiger partial charge in [-0.1, -0.05) is 59.6 Å². The van der Waals surface area contributed by atoms with Gasteiger partial charge in [-0.15, -0.1) is 0 Å². The third kappa shape index (κ3) is 9.59. The minimum Gasteiger partial charge on any atom is -0.492 e. The van der Waals surface area contributed by atoms with Crippen LogP contribution < -0.4 is 24.8 Å². The zero-order valence-corrected chi connectivity index (χ0v) is 27.6. The van der Waals surface area contributed by atoms with Gasteiger partial charge in [-0.05, 0) is 96.8 Å². The van der Waals surface area contributed by atoms with E-state index in [0.717, 1.165) is 8.95 Å². The van der Waals surface area contributed by atoms with E-state index in [1.165, 1.54) is 0 Å². The summed E-state index contributed by atoms with van der Waals surface area (Å²) in [5.41, 5.74) is 2.13. The topological polar surface area (TPSA) is 85.9 Å². The zero-order valence-electron chi connectivity index (χ0n) is 24.4. The van der Waals surface area contributed by atoms with Crippen molar-refractivity contribution in [3.63, 3.8) is 0 Å². The molecular weight excluding hydrogens is 676 g/mol. The molecule has 0 aliphatic rings.